The lowest BCUT2D eigenvalue weighted by molar-refractivity contribution is 0.192. The molecule has 20 heavy (non-hydrogen) atoms. The van der Waals surface area contributed by atoms with Gasteiger partial charge in [0.2, 0.25) is 0 Å². The van der Waals surface area contributed by atoms with Gasteiger partial charge in [-0.25, -0.2) is 0 Å². The van der Waals surface area contributed by atoms with E-state index in [1.54, 1.807) is 23.1 Å². The van der Waals surface area contributed by atoms with Crippen molar-refractivity contribution in [2.75, 3.05) is 17.6 Å². The molecule has 0 fully saturated rings. The van der Waals surface area contributed by atoms with Crippen LogP contribution in [0.25, 0.3) is 0 Å². The van der Waals surface area contributed by atoms with Gasteiger partial charge in [-0.1, -0.05) is 13.0 Å². The molecule has 1 heterocycles. The number of nitriles is 1. The monoisotopic (exact) mass is 304 g/mol. The van der Waals surface area contributed by atoms with Gasteiger partial charge in [0.1, 0.15) is 6.07 Å². The summed E-state index contributed by atoms with van der Waals surface area (Å²) in [4.78, 5) is 0.977. The van der Waals surface area contributed by atoms with Crippen LogP contribution in [0.3, 0.4) is 0 Å². The van der Waals surface area contributed by atoms with Crippen molar-refractivity contribution < 1.29 is 5.11 Å². The molecule has 1 atom stereocenters. The van der Waals surface area contributed by atoms with Crippen LogP contribution in [0.2, 0.25) is 0 Å². The molecule has 0 saturated carbocycles. The lowest BCUT2D eigenvalue weighted by atomic mass is 10.1. The molecular formula is C15H16N2OS2. The van der Waals surface area contributed by atoms with Crippen molar-refractivity contribution in [2.45, 2.75) is 17.9 Å². The van der Waals surface area contributed by atoms with Gasteiger partial charge in [0.25, 0.3) is 0 Å². The van der Waals surface area contributed by atoms with E-state index < -0.39 is 6.10 Å². The molecule has 0 aliphatic heterocycles. The molecule has 2 aromatic rings. The van der Waals surface area contributed by atoms with E-state index in [1.807, 2.05) is 35.0 Å². The number of thiophene rings is 1. The highest BCUT2D eigenvalue weighted by Gasteiger charge is 2.11. The van der Waals surface area contributed by atoms with Gasteiger partial charge in [-0.15, -0.1) is 11.8 Å². The third kappa shape index (κ3) is 3.54. The molecule has 0 aliphatic rings. The van der Waals surface area contributed by atoms with Crippen molar-refractivity contribution in [3.05, 3.63) is 46.2 Å². The van der Waals surface area contributed by atoms with E-state index in [1.165, 1.54) is 0 Å². The summed E-state index contributed by atoms with van der Waals surface area (Å²) in [6.07, 6.45) is -0.560. The Bertz CT molecular complexity index is 590. The summed E-state index contributed by atoms with van der Waals surface area (Å²) >= 11 is 3.21. The molecule has 1 aromatic carbocycles. The maximum atomic E-state index is 10.1. The van der Waals surface area contributed by atoms with E-state index >= 15 is 0 Å². The summed E-state index contributed by atoms with van der Waals surface area (Å²) in [7, 11) is 0. The standard InChI is InChI=1S/C15H16N2OS2/c1-2-20-15-5-3-4-13(12(15)8-16)17-9-14(18)11-6-7-19-10-11/h3-7,10,14,17-18H,2,9H2,1H3. The Hall–Kier alpha value is -1.48. The first-order valence-electron chi connectivity index (χ1n) is 6.36. The third-order valence-electron chi connectivity index (χ3n) is 2.85. The second-order valence-electron chi connectivity index (χ2n) is 4.18. The van der Waals surface area contributed by atoms with E-state index in [0.29, 0.717) is 12.1 Å². The average molecular weight is 304 g/mol. The number of benzene rings is 1. The second kappa shape index (κ2) is 7.34. The number of nitrogens with zero attached hydrogens (tertiary/aromatic N) is 1. The Morgan fingerprint density at radius 1 is 1.45 bits per heavy atom. The molecule has 2 N–H and O–H groups in total. The molecule has 0 saturated heterocycles. The topological polar surface area (TPSA) is 56.0 Å². The number of rotatable bonds is 6. The zero-order valence-corrected chi connectivity index (χ0v) is 12.8. The van der Waals surface area contributed by atoms with Crippen molar-refractivity contribution in [3.8, 4) is 6.07 Å². The van der Waals surface area contributed by atoms with Gasteiger partial charge in [-0.3, -0.25) is 0 Å². The first-order valence-corrected chi connectivity index (χ1v) is 8.29. The molecular weight excluding hydrogens is 288 g/mol. The van der Waals surface area contributed by atoms with E-state index in [0.717, 1.165) is 21.9 Å². The average Bonchev–Trinajstić information content (AvgIpc) is 2.99. The highest BCUT2D eigenvalue weighted by Crippen LogP contribution is 2.28. The Morgan fingerprint density at radius 2 is 2.30 bits per heavy atom. The molecule has 0 bridgehead atoms. The molecule has 104 valence electrons. The van der Waals surface area contributed by atoms with Gasteiger partial charge in [-0.05, 0) is 40.3 Å². The van der Waals surface area contributed by atoms with Crippen LogP contribution in [0.1, 0.15) is 24.2 Å². The molecule has 3 nitrogen and oxygen atoms in total. The van der Waals surface area contributed by atoms with Crippen LogP contribution in [0, 0.1) is 11.3 Å². The van der Waals surface area contributed by atoms with E-state index in [-0.39, 0.29) is 0 Å². The number of thioether (sulfide) groups is 1. The Morgan fingerprint density at radius 3 is 2.95 bits per heavy atom. The number of hydrogen-bond donors (Lipinski definition) is 2. The van der Waals surface area contributed by atoms with Crippen LogP contribution in [0.4, 0.5) is 5.69 Å². The van der Waals surface area contributed by atoms with E-state index in [2.05, 4.69) is 18.3 Å². The summed E-state index contributed by atoms with van der Waals surface area (Å²) < 4.78 is 0. The van der Waals surface area contributed by atoms with E-state index in [4.69, 9.17) is 0 Å². The van der Waals surface area contributed by atoms with Crippen LogP contribution in [-0.2, 0) is 0 Å². The SMILES string of the molecule is CCSc1cccc(NCC(O)c2ccsc2)c1C#N. The lowest BCUT2D eigenvalue weighted by Crippen LogP contribution is -2.12. The van der Waals surface area contributed by atoms with Crippen LogP contribution < -0.4 is 5.32 Å². The zero-order valence-electron chi connectivity index (χ0n) is 11.2. The van der Waals surface area contributed by atoms with Crippen molar-refractivity contribution in [1.29, 1.82) is 5.26 Å². The predicted octanol–water partition coefficient (Wildman–Crippen LogP) is 3.88. The largest absolute Gasteiger partial charge is 0.387 e. The highest BCUT2D eigenvalue weighted by molar-refractivity contribution is 7.99. The fourth-order valence-corrected chi connectivity index (χ4v) is 3.35. The Labute approximate surface area is 127 Å². The van der Waals surface area contributed by atoms with Crippen LogP contribution in [0.5, 0.6) is 0 Å². The molecule has 1 unspecified atom stereocenters. The normalized spacial score (nSPS) is 11.8. The minimum Gasteiger partial charge on any atom is -0.387 e. The number of aliphatic hydroxyl groups is 1. The van der Waals surface area contributed by atoms with Gasteiger partial charge in [-0.2, -0.15) is 16.6 Å². The molecule has 0 radical (unpaired) electrons. The summed E-state index contributed by atoms with van der Waals surface area (Å²) in [6, 6.07) is 9.91. The van der Waals surface area contributed by atoms with Crippen molar-refractivity contribution in [3.63, 3.8) is 0 Å². The first kappa shape index (κ1) is 14.9. The predicted molar refractivity (Wildman–Crippen MR) is 85.3 cm³/mol. The Balaban J connectivity index is 2.10. The van der Waals surface area contributed by atoms with Crippen LogP contribution >= 0.6 is 23.1 Å². The second-order valence-corrected chi connectivity index (χ2v) is 6.26. The fourth-order valence-electron chi connectivity index (χ4n) is 1.86. The fraction of sp³-hybridized carbons (Fsp3) is 0.267. The molecule has 5 heteroatoms. The maximum Gasteiger partial charge on any atom is 0.102 e. The van der Waals surface area contributed by atoms with Crippen LogP contribution in [0.15, 0.2) is 39.9 Å². The first-order chi connectivity index (χ1) is 9.76. The minimum absolute atomic E-state index is 0.395. The number of nitrogens with one attached hydrogen (secondary N) is 1. The number of anilines is 1. The van der Waals surface area contributed by atoms with Crippen LogP contribution in [-0.4, -0.2) is 17.4 Å². The molecule has 0 amide bonds. The molecule has 0 spiro atoms. The third-order valence-corrected chi connectivity index (χ3v) is 4.49. The summed E-state index contributed by atoms with van der Waals surface area (Å²) in [5, 5.41) is 26.4. The quantitative estimate of drug-likeness (QED) is 0.795. The molecule has 1 aromatic heterocycles. The smallest absolute Gasteiger partial charge is 0.102 e. The van der Waals surface area contributed by atoms with Gasteiger partial charge in [0.15, 0.2) is 0 Å². The number of aliphatic hydroxyl groups excluding tert-OH is 1. The number of hydrogen-bond acceptors (Lipinski definition) is 5. The molecule has 2 rings (SSSR count). The van der Waals surface area contributed by atoms with Gasteiger partial charge >= 0.3 is 0 Å². The maximum absolute atomic E-state index is 10.1. The van der Waals surface area contributed by atoms with Gasteiger partial charge in [0.05, 0.1) is 17.4 Å². The zero-order chi connectivity index (χ0) is 14.4. The van der Waals surface area contributed by atoms with Crippen molar-refractivity contribution in [1.82, 2.24) is 0 Å². The van der Waals surface area contributed by atoms with Crippen molar-refractivity contribution >= 4 is 28.8 Å². The van der Waals surface area contributed by atoms with Crippen molar-refractivity contribution in [2.24, 2.45) is 0 Å². The van der Waals surface area contributed by atoms with Gasteiger partial charge < -0.3 is 10.4 Å². The highest BCUT2D eigenvalue weighted by atomic mass is 32.2. The molecule has 0 aliphatic carbocycles. The summed E-state index contributed by atoms with van der Waals surface area (Å²) in [5.74, 6) is 0.926. The van der Waals surface area contributed by atoms with E-state index in [9.17, 15) is 10.4 Å². The minimum atomic E-state index is -0.560. The summed E-state index contributed by atoms with van der Waals surface area (Å²) in [5.41, 5.74) is 2.33. The lowest BCUT2D eigenvalue weighted by Gasteiger charge is -2.14. The Kier molecular flexibility index (Phi) is 5.48. The summed E-state index contributed by atoms with van der Waals surface area (Å²) in [6.45, 7) is 2.46. The van der Waals surface area contributed by atoms with Gasteiger partial charge in [0, 0.05) is 11.4 Å².